The van der Waals surface area contributed by atoms with Gasteiger partial charge in [0, 0.05) is 23.7 Å². The molecule has 0 heterocycles. The summed E-state index contributed by atoms with van der Waals surface area (Å²) in [6.45, 7) is 2.09. The Morgan fingerprint density at radius 2 is 1.88 bits per heavy atom. The summed E-state index contributed by atoms with van der Waals surface area (Å²) in [5.74, 6) is -0.0335. The van der Waals surface area contributed by atoms with Crippen LogP contribution in [0.3, 0.4) is 0 Å². The minimum absolute atomic E-state index is 0.127. The van der Waals surface area contributed by atoms with Gasteiger partial charge in [0.1, 0.15) is 17.4 Å². The second-order valence-electron chi connectivity index (χ2n) is 4.65. The molecular weight excluding hydrogens is 224 g/mol. The third-order valence-electron chi connectivity index (χ3n) is 3.51. The molecule has 3 unspecified atom stereocenters. The van der Waals surface area contributed by atoms with Gasteiger partial charge >= 0.3 is 0 Å². The van der Waals surface area contributed by atoms with Crippen LogP contribution in [0.2, 0.25) is 0 Å². The average molecular weight is 241 g/mol. The van der Waals surface area contributed by atoms with Crippen molar-refractivity contribution in [2.24, 2.45) is 11.8 Å². The van der Waals surface area contributed by atoms with Crippen molar-refractivity contribution in [3.63, 3.8) is 0 Å². The van der Waals surface area contributed by atoms with Gasteiger partial charge in [-0.15, -0.1) is 0 Å². The monoisotopic (exact) mass is 241 g/mol. The smallest absolute Gasteiger partial charge is 0.134 e. The molecule has 1 saturated carbocycles. The fraction of sp³-hybridized carbons (Fsp3) is 0.538. The maximum Gasteiger partial charge on any atom is 0.134 e. The highest BCUT2D eigenvalue weighted by molar-refractivity contribution is 5.33. The van der Waals surface area contributed by atoms with E-state index in [1.807, 2.05) is 0 Å². The standard InChI is InChI=1S/C13H17F2NO/c1-7-4-9(7)13(16-2)12-10(14)5-8(17-3)6-11(12)15/h5-7,9,13,16H,4H2,1-3H3. The van der Waals surface area contributed by atoms with E-state index in [1.165, 1.54) is 19.2 Å². The van der Waals surface area contributed by atoms with E-state index in [2.05, 4.69) is 12.2 Å². The summed E-state index contributed by atoms with van der Waals surface area (Å²) in [5.41, 5.74) is 0.127. The first-order valence-electron chi connectivity index (χ1n) is 5.78. The molecule has 1 aliphatic rings. The van der Waals surface area contributed by atoms with Gasteiger partial charge in [-0.05, 0) is 25.3 Å². The number of rotatable bonds is 4. The van der Waals surface area contributed by atoms with Crippen LogP contribution >= 0.6 is 0 Å². The zero-order valence-corrected chi connectivity index (χ0v) is 10.3. The quantitative estimate of drug-likeness (QED) is 0.875. The lowest BCUT2D eigenvalue weighted by Crippen LogP contribution is -2.21. The van der Waals surface area contributed by atoms with Gasteiger partial charge in [0.15, 0.2) is 0 Å². The van der Waals surface area contributed by atoms with Crippen molar-refractivity contribution in [1.82, 2.24) is 5.32 Å². The topological polar surface area (TPSA) is 21.3 Å². The predicted octanol–water partition coefficient (Wildman–Crippen LogP) is 2.89. The molecule has 1 aliphatic carbocycles. The van der Waals surface area contributed by atoms with Crippen LogP contribution in [0.4, 0.5) is 8.78 Å². The lowest BCUT2D eigenvalue weighted by Gasteiger charge is -2.18. The summed E-state index contributed by atoms with van der Waals surface area (Å²) in [6.07, 6.45) is 1.01. The van der Waals surface area contributed by atoms with Crippen LogP contribution in [-0.2, 0) is 0 Å². The number of ether oxygens (including phenoxy) is 1. The maximum absolute atomic E-state index is 13.9. The fourth-order valence-electron chi connectivity index (χ4n) is 2.36. The molecule has 1 N–H and O–H groups in total. The molecule has 2 rings (SSSR count). The Hall–Kier alpha value is -1.16. The van der Waals surface area contributed by atoms with Crippen molar-refractivity contribution < 1.29 is 13.5 Å². The number of hydrogen-bond donors (Lipinski definition) is 1. The van der Waals surface area contributed by atoms with Crippen molar-refractivity contribution in [2.75, 3.05) is 14.2 Å². The van der Waals surface area contributed by atoms with Gasteiger partial charge in [0.2, 0.25) is 0 Å². The zero-order chi connectivity index (χ0) is 12.6. The molecule has 3 atom stereocenters. The first kappa shape index (κ1) is 12.3. The van der Waals surface area contributed by atoms with E-state index in [1.54, 1.807) is 7.05 Å². The van der Waals surface area contributed by atoms with Gasteiger partial charge in [-0.3, -0.25) is 0 Å². The second kappa shape index (κ2) is 4.61. The minimum atomic E-state index is -0.541. The SMILES string of the molecule is CNC(c1c(F)cc(OC)cc1F)C1CC1C. The van der Waals surface area contributed by atoms with Gasteiger partial charge in [-0.2, -0.15) is 0 Å². The molecule has 1 fully saturated rings. The Balaban J connectivity index is 2.36. The lowest BCUT2D eigenvalue weighted by atomic mass is 10.00. The number of nitrogens with one attached hydrogen (secondary N) is 1. The van der Waals surface area contributed by atoms with E-state index in [0.717, 1.165) is 6.42 Å². The van der Waals surface area contributed by atoms with Crippen molar-refractivity contribution >= 4 is 0 Å². The van der Waals surface area contributed by atoms with Crippen molar-refractivity contribution in [3.05, 3.63) is 29.3 Å². The summed E-state index contributed by atoms with van der Waals surface area (Å²) < 4.78 is 32.6. The molecule has 0 spiro atoms. The molecule has 0 bridgehead atoms. The summed E-state index contributed by atoms with van der Waals surface area (Å²) >= 11 is 0. The molecule has 1 aromatic carbocycles. The van der Waals surface area contributed by atoms with Crippen LogP contribution in [0.5, 0.6) is 5.75 Å². The third kappa shape index (κ3) is 2.27. The molecule has 94 valence electrons. The van der Waals surface area contributed by atoms with Crippen molar-refractivity contribution in [2.45, 2.75) is 19.4 Å². The van der Waals surface area contributed by atoms with Gasteiger partial charge in [-0.25, -0.2) is 8.78 Å². The first-order valence-corrected chi connectivity index (χ1v) is 5.78. The van der Waals surface area contributed by atoms with Crippen LogP contribution in [0, 0.1) is 23.5 Å². The summed E-state index contributed by atoms with van der Waals surface area (Å²) in [4.78, 5) is 0. The third-order valence-corrected chi connectivity index (χ3v) is 3.51. The van der Waals surface area contributed by atoms with Crippen LogP contribution in [0.15, 0.2) is 12.1 Å². The number of halogens is 2. The van der Waals surface area contributed by atoms with Gasteiger partial charge in [0.25, 0.3) is 0 Å². The maximum atomic E-state index is 13.9. The number of methoxy groups -OCH3 is 1. The zero-order valence-electron chi connectivity index (χ0n) is 10.3. The highest BCUT2D eigenvalue weighted by Gasteiger charge is 2.41. The van der Waals surface area contributed by atoms with Crippen LogP contribution < -0.4 is 10.1 Å². The van der Waals surface area contributed by atoms with E-state index < -0.39 is 11.6 Å². The first-order chi connectivity index (χ1) is 8.08. The van der Waals surface area contributed by atoms with Crippen LogP contribution in [0.25, 0.3) is 0 Å². The van der Waals surface area contributed by atoms with Gasteiger partial charge < -0.3 is 10.1 Å². The summed E-state index contributed by atoms with van der Waals surface area (Å²) in [5, 5.41) is 3.01. The lowest BCUT2D eigenvalue weighted by molar-refractivity contribution is 0.397. The summed E-state index contributed by atoms with van der Waals surface area (Å²) in [7, 11) is 3.13. The molecular formula is C13H17F2NO. The van der Waals surface area contributed by atoms with Crippen LogP contribution in [0.1, 0.15) is 24.9 Å². The minimum Gasteiger partial charge on any atom is -0.497 e. The highest BCUT2D eigenvalue weighted by Crippen LogP contribution is 2.48. The Morgan fingerprint density at radius 3 is 2.24 bits per heavy atom. The van der Waals surface area contributed by atoms with E-state index in [9.17, 15) is 8.78 Å². The second-order valence-corrected chi connectivity index (χ2v) is 4.65. The molecule has 1 aromatic rings. The normalized spacial score (nSPS) is 24.5. The van der Waals surface area contributed by atoms with Gasteiger partial charge in [-0.1, -0.05) is 6.92 Å². The average Bonchev–Trinajstić information content (AvgIpc) is 3.00. The molecule has 2 nitrogen and oxygen atoms in total. The predicted molar refractivity (Wildman–Crippen MR) is 62.0 cm³/mol. The molecule has 0 aromatic heterocycles. The van der Waals surface area contributed by atoms with E-state index in [0.29, 0.717) is 11.8 Å². The van der Waals surface area contributed by atoms with E-state index in [4.69, 9.17) is 4.74 Å². The number of hydrogen-bond acceptors (Lipinski definition) is 2. The van der Waals surface area contributed by atoms with Crippen molar-refractivity contribution in [1.29, 1.82) is 0 Å². The van der Waals surface area contributed by atoms with Crippen LogP contribution in [-0.4, -0.2) is 14.2 Å². The number of benzene rings is 1. The Morgan fingerprint density at radius 1 is 1.35 bits per heavy atom. The molecule has 0 aliphatic heterocycles. The molecule has 0 amide bonds. The molecule has 0 radical (unpaired) electrons. The Labute approximate surface area is 100.0 Å². The Kier molecular flexibility index (Phi) is 3.33. The summed E-state index contributed by atoms with van der Waals surface area (Å²) in [6, 6.07) is 2.21. The molecule has 17 heavy (non-hydrogen) atoms. The highest BCUT2D eigenvalue weighted by atomic mass is 19.1. The molecule has 0 saturated heterocycles. The van der Waals surface area contributed by atoms with E-state index >= 15 is 0 Å². The van der Waals surface area contributed by atoms with Crippen molar-refractivity contribution in [3.8, 4) is 5.75 Å². The van der Waals surface area contributed by atoms with Gasteiger partial charge in [0.05, 0.1) is 7.11 Å². The Bertz CT molecular complexity index is 399. The largest absolute Gasteiger partial charge is 0.497 e. The van der Waals surface area contributed by atoms with E-state index in [-0.39, 0.29) is 17.4 Å². The molecule has 4 heteroatoms. The fourth-order valence-corrected chi connectivity index (χ4v) is 2.36.